The highest BCUT2D eigenvalue weighted by atomic mass is 19.2. The van der Waals surface area contributed by atoms with Crippen LogP contribution in [0.5, 0.6) is 0 Å². The Balaban J connectivity index is 0. The van der Waals surface area contributed by atoms with Crippen LogP contribution in [0, 0.1) is 24.4 Å². The lowest BCUT2D eigenvalue weighted by Crippen LogP contribution is -2.19. The summed E-state index contributed by atoms with van der Waals surface area (Å²) in [6.45, 7) is 4.68. The second-order valence-electron chi connectivity index (χ2n) is 5.66. The van der Waals surface area contributed by atoms with Gasteiger partial charge in [0.2, 0.25) is 6.41 Å². The van der Waals surface area contributed by atoms with Gasteiger partial charge in [-0.25, -0.2) is 13.2 Å². The molecule has 154 valence electrons. The maximum atomic E-state index is 14.3. The quantitative estimate of drug-likeness (QED) is 0.626. The molecule has 8 heteroatoms. The van der Waals surface area contributed by atoms with E-state index in [0.717, 1.165) is 6.41 Å². The molecule has 0 aliphatic heterocycles. The number of amides is 2. The van der Waals surface area contributed by atoms with Crippen LogP contribution in [0.3, 0.4) is 0 Å². The van der Waals surface area contributed by atoms with Gasteiger partial charge in [-0.2, -0.15) is 0 Å². The SMILES string of the molecule is C=O.CCc1c(F)c(F)c(C)c(C(=O)Nc2ccccc2)c1F.CN(C)C=O.[HH]. The average Bonchev–Trinajstić information content (AvgIpc) is 2.69. The van der Waals surface area contributed by atoms with Crippen LogP contribution in [0.25, 0.3) is 0 Å². The summed E-state index contributed by atoms with van der Waals surface area (Å²) in [5.41, 5.74) is -0.773. The number of carbonyl (C=O) groups is 3. The van der Waals surface area contributed by atoms with Gasteiger partial charge in [0.15, 0.2) is 11.6 Å². The number of nitrogens with zero attached hydrogens (tertiary/aromatic N) is 1. The van der Waals surface area contributed by atoms with Gasteiger partial charge in [0, 0.05) is 32.3 Å². The van der Waals surface area contributed by atoms with E-state index in [2.05, 4.69) is 5.32 Å². The minimum absolute atomic E-state index is 0. The van der Waals surface area contributed by atoms with Gasteiger partial charge in [0.1, 0.15) is 12.6 Å². The topological polar surface area (TPSA) is 66.5 Å². The van der Waals surface area contributed by atoms with Gasteiger partial charge in [-0.15, -0.1) is 0 Å². The van der Waals surface area contributed by atoms with E-state index >= 15 is 0 Å². The van der Waals surface area contributed by atoms with Crippen molar-refractivity contribution in [1.29, 1.82) is 0 Å². The Morgan fingerprint density at radius 3 is 2.04 bits per heavy atom. The van der Waals surface area contributed by atoms with Crippen molar-refractivity contribution < 1.29 is 29.0 Å². The summed E-state index contributed by atoms with van der Waals surface area (Å²) in [5, 5.41) is 2.47. The smallest absolute Gasteiger partial charge is 0.259 e. The Kier molecular flexibility index (Phi) is 10.9. The highest BCUT2D eigenvalue weighted by Gasteiger charge is 2.25. The van der Waals surface area contributed by atoms with E-state index in [9.17, 15) is 22.8 Å². The molecule has 0 aliphatic carbocycles. The molecule has 0 radical (unpaired) electrons. The first-order valence-corrected chi connectivity index (χ1v) is 8.17. The third-order valence-electron chi connectivity index (χ3n) is 3.47. The molecule has 2 aromatic carbocycles. The molecule has 0 heterocycles. The number of nitrogens with one attached hydrogen (secondary N) is 1. The Morgan fingerprint density at radius 2 is 1.61 bits per heavy atom. The van der Waals surface area contributed by atoms with Crippen molar-refractivity contribution in [2.45, 2.75) is 20.3 Å². The number of carbonyl (C=O) groups excluding carboxylic acids is 3. The summed E-state index contributed by atoms with van der Waals surface area (Å²) in [6, 6.07) is 8.38. The van der Waals surface area contributed by atoms with Crippen molar-refractivity contribution >= 4 is 24.8 Å². The average molecular weight is 398 g/mol. The molecule has 0 aliphatic rings. The Labute approximate surface area is 163 Å². The van der Waals surface area contributed by atoms with Crippen molar-refractivity contribution in [1.82, 2.24) is 4.90 Å². The van der Waals surface area contributed by atoms with Gasteiger partial charge < -0.3 is 15.0 Å². The summed E-state index contributed by atoms with van der Waals surface area (Å²) in [5.74, 6) is -4.23. The zero-order valence-corrected chi connectivity index (χ0v) is 16.2. The number of hydrogen-bond donors (Lipinski definition) is 1. The van der Waals surface area contributed by atoms with E-state index < -0.39 is 34.5 Å². The number of benzene rings is 2. The normalized spacial score (nSPS) is 9.25. The van der Waals surface area contributed by atoms with Gasteiger partial charge in [0.25, 0.3) is 5.91 Å². The van der Waals surface area contributed by atoms with Crippen molar-refractivity contribution in [3.8, 4) is 0 Å². The first-order chi connectivity index (χ1) is 13.2. The Morgan fingerprint density at radius 1 is 1.11 bits per heavy atom. The number of hydrogen-bond acceptors (Lipinski definition) is 3. The number of anilines is 1. The summed E-state index contributed by atoms with van der Waals surface area (Å²) in [4.78, 5) is 31.0. The van der Waals surface area contributed by atoms with Crippen molar-refractivity contribution in [2.75, 3.05) is 19.4 Å². The monoisotopic (exact) mass is 398 g/mol. The lowest BCUT2D eigenvalue weighted by atomic mass is 10.00. The van der Waals surface area contributed by atoms with Crippen LogP contribution in [-0.2, 0) is 16.0 Å². The molecule has 1 N–H and O–H groups in total. The van der Waals surface area contributed by atoms with Crippen LogP contribution >= 0.6 is 0 Å². The molecular weight excluding hydrogens is 373 g/mol. The fourth-order valence-electron chi connectivity index (χ4n) is 2.11. The largest absolute Gasteiger partial charge is 0.351 e. The number of rotatable bonds is 4. The predicted molar refractivity (Wildman–Crippen MR) is 104 cm³/mol. The second-order valence-corrected chi connectivity index (χ2v) is 5.66. The van der Waals surface area contributed by atoms with Crippen LogP contribution in [0.1, 0.15) is 29.8 Å². The van der Waals surface area contributed by atoms with Crippen molar-refractivity contribution in [2.24, 2.45) is 0 Å². The molecule has 0 aromatic heterocycles. The minimum atomic E-state index is -1.23. The highest BCUT2D eigenvalue weighted by Crippen LogP contribution is 2.26. The van der Waals surface area contributed by atoms with Gasteiger partial charge in [-0.05, 0) is 25.5 Å². The lowest BCUT2D eigenvalue weighted by Gasteiger charge is -2.13. The molecule has 28 heavy (non-hydrogen) atoms. The number of para-hydroxylation sites is 1. The lowest BCUT2D eigenvalue weighted by molar-refractivity contribution is -0.115. The highest BCUT2D eigenvalue weighted by molar-refractivity contribution is 6.05. The van der Waals surface area contributed by atoms with Gasteiger partial charge in [0.05, 0.1) is 5.56 Å². The molecule has 2 amide bonds. The Hall–Kier alpha value is -3.16. The van der Waals surface area contributed by atoms with E-state index in [1.54, 1.807) is 44.4 Å². The predicted octanol–water partition coefficient (Wildman–Crippen LogP) is 3.99. The van der Waals surface area contributed by atoms with Crippen LogP contribution < -0.4 is 5.32 Å². The maximum absolute atomic E-state index is 14.3. The van der Waals surface area contributed by atoms with E-state index in [4.69, 9.17) is 4.79 Å². The molecule has 5 nitrogen and oxygen atoms in total. The standard InChI is InChI=1S/C16H14F3NO.C3H7NO.CH2O.H2/c1-3-11-14(18)12(9(2)13(17)15(11)19)16(21)20-10-7-5-4-6-8-10;1-4(2)3-5;1-2;/h4-8H,3H2,1-2H3,(H,20,21);3H,1-2H3;1H2;1H. The first kappa shape index (κ1) is 24.8. The fourth-order valence-corrected chi connectivity index (χ4v) is 2.11. The van der Waals surface area contributed by atoms with Crippen LogP contribution in [0.15, 0.2) is 30.3 Å². The molecule has 0 bridgehead atoms. The molecule has 2 aromatic rings. The maximum Gasteiger partial charge on any atom is 0.259 e. The van der Waals surface area contributed by atoms with Crippen LogP contribution in [-0.4, -0.2) is 38.1 Å². The number of halogens is 3. The molecule has 0 atom stereocenters. The second kappa shape index (κ2) is 12.3. The molecule has 2 rings (SSSR count). The molecule has 0 saturated carbocycles. The summed E-state index contributed by atoms with van der Waals surface area (Å²) < 4.78 is 41.7. The molecule has 0 spiro atoms. The van der Waals surface area contributed by atoms with Crippen LogP contribution in [0.2, 0.25) is 0 Å². The van der Waals surface area contributed by atoms with E-state index in [1.165, 1.54) is 18.7 Å². The molecular formula is C20H25F3N2O3. The molecule has 0 fully saturated rings. The molecule has 0 saturated heterocycles. The summed E-state index contributed by atoms with van der Waals surface area (Å²) >= 11 is 0. The first-order valence-electron chi connectivity index (χ1n) is 8.17. The zero-order valence-electron chi connectivity index (χ0n) is 16.2. The third kappa shape index (κ3) is 6.53. The summed E-state index contributed by atoms with van der Waals surface area (Å²) in [7, 11) is 3.38. The zero-order chi connectivity index (χ0) is 21.9. The van der Waals surface area contributed by atoms with Crippen molar-refractivity contribution in [3.63, 3.8) is 0 Å². The van der Waals surface area contributed by atoms with Crippen LogP contribution in [0.4, 0.5) is 18.9 Å². The summed E-state index contributed by atoms with van der Waals surface area (Å²) in [6.07, 6.45) is 0.709. The van der Waals surface area contributed by atoms with Gasteiger partial charge in [-0.3, -0.25) is 9.59 Å². The molecule has 0 unspecified atom stereocenters. The van der Waals surface area contributed by atoms with Gasteiger partial charge in [-0.1, -0.05) is 25.1 Å². The third-order valence-corrected chi connectivity index (χ3v) is 3.47. The van der Waals surface area contributed by atoms with E-state index in [0.29, 0.717) is 5.69 Å². The van der Waals surface area contributed by atoms with Crippen molar-refractivity contribution in [3.05, 3.63) is 64.5 Å². The minimum Gasteiger partial charge on any atom is -0.351 e. The van der Waals surface area contributed by atoms with E-state index in [-0.39, 0.29) is 13.4 Å². The fraction of sp³-hybridized carbons (Fsp3) is 0.250. The van der Waals surface area contributed by atoms with Gasteiger partial charge >= 0.3 is 0 Å². The Bertz CT molecular complexity index is 804. The van der Waals surface area contributed by atoms with E-state index in [1.807, 2.05) is 6.79 Å².